The molecule has 0 fully saturated rings. The van der Waals surface area contributed by atoms with Crippen LogP contribution in [0.15, 0.2) is 29.2 Å². The zero-order valence-electron chi connectivity index (χ0n) is 14.5. The Bertz CT molecular complexity index is 523. The quantitative estimate of drug-likeness (QED) is 0.648. The molecule has 1 atom stereocenters. The third kappa shape index (κ3) is 7.23. The largest absolute Gasteiger partial charge is 0.484 e. The third-order valence-corrected chi connectivity index (χ3v) is 3.40. The number of aromatic nitrogens is 2. The monoisotopic (exact) mass is 320 g/mol. The highest BCUT2D eigenvalue weighted by atomic mass is 16.5. The molecule has 1 rings (SSSR count). The van der Waals surface area contributed by atoms with Gasteiger partial charge in [-0.1, -0.05) is 13.3 Å². The second kappa shape index (κ2) is 10.7. The number of nitrogens with zero attached hydrogens (tertiary/aromatic N) is 3. The molecule has 0 aromatic carbocycles. The average molecular weight is 320 g/mol. The van der Waals surface area contributed by atoms with E-state index in [-0.39, 0.29) is 12.6 Å². The Morgan fingerprint density at radius 2 is 2.22 bits per heavy atom. The van der Waals surface area contributed by atoms with Gasteiger partial charge in [-0.3, -0.25) is 4.99 Å². The van der Waals surface area contributed by atoms with Gasteiger partial charge in [-0.25, -0.2) is 9.97 Å². The van der Waals surface area contributed by atoms with E-state index in [1.807, 2.05) is 19.9 Å². The van der Waals surface area contributed by atoms with Crippen molar-refractivity contribution in [1.29, 1.82) is 0 Å². The normalized spacial score (nSPS) is 13.8. The summed E-state index contributed by atoms with van der Waals surface area (Å²) >= 11 is 0. The molecule has 1 heterocycles. The van der Waals surface area contributed by atoms with Gasteiger partial charge in [-0.2, -0.15) is 0 Å². The summed E-state index contributed by atoms with van der Waals surface area (Å²) in [7, 11) is 1.77. The Hall–Kier alpha value is -1.95. The number of aliphatic hydroxyl groups is 1. The minimum Gasteiger partial charge on any atom is -0.484 e. The van der Waals surface area contributed by atoms with Crippen molar-refractivity contribution in [3.8, 4) is 5.75 Å². The summed E-state index contributed by atoms with van der Waals surface area (Å²) in [6, 6.07) is 0.174. The van der Waals surface area contributed by atoms with Crippen molar-refractivity contribution in [3.05, 3.63) is 24.2 Å². The topological polar surface area (TPSA) is 79.6 Å². The lowest BCUT2D eigenvalue weighted by molar-refractivity contribution is 0.276. The fourth-order valence-electron chi connectivity index (χ4n) is 2.17. The number of aliphatic hydroxyl groups excluding tert-OH is 1. The summed E-state index contributed by atoms with van der Waals surface area (Å²) in [4.78, 5) is 12.4. The number of aliphatic imine (C=N–C) groups is 1. The van der Waals surface area contributed by atoms with Crippen molar-refractivity contribution in [1.82, 2.24) is 9.97 Å². The molecule has 0 spiro atoms. The van der Waals surface area contributed by atoms with Gasteiger partial charge in [0.25, 0.3) is 0 Å². The summed E-state index contributed by atoms with van der Waals surface area (Å²) in [6.07, 6.45) is 7.83. The second-order valence-corrected chi connectivity index (χ2v) is 5.52. The first kappa shape index (κ1) is 19.1. The van der Waals surface area contributed by atoms with Crippen LogP contribution >= 0.6 is 0 Å². The maximum absolute atomic E-state index is 9.17. The Balaban J connectivity index is 2.75. The lowest BCUT2D eigenvalue weighted by Gasteiger charge is -2.19. The molecular weight excluding hydrogens is 292 g/mol. The lowest BCUT2D eigenvalue weighted by atomic mass is 10.1. The highest BCUT2D eigenvalue weighted by Gasteiger charge is 2.12. The van der Waals surface area contributed by atoms with Gasteiger partial charge in [-0.05, 0) is 38.3 Å². The summed E-state index contributed by atoms with van der Waals surface area (Å²) in [5.41, 5.74) is 2.03. The molecule has 1 unspecified atom stereocenters. The summed E-state index contributed by atoms with van der Waals surface area (Å²) in [5, 5.41) is 12.5. The molecule has 0 bridgehead atoms. The van der Waals surface area contributed by atoms with E-state index in [1.54, 1.807) is 13.2 Å². The second-order valence-electron chi connectivity index (χ2n) is 5.52. The van der Waals surface area contributed by atoms with E-state index in [0.29, 0.717) is 24.6 Å². The van der Waals surface area contributed by atoms with Gasteiger partial charge >= 0.3 is 0 Å². The third-order valence-electron chi connectivity index (χ3n) is 3.40. The minimum atomic E-state index is 0.149. The van der Waals surface area contributed by atoms with Crippen LogP contribution in [0.3, 0.4) is 0 Å². The number of anilines is 1. The van der Waals surface area contributed by atoms with Crippen LogP contribution in [0.2, 0.25) is 0 Å². The maximum Gasteiger partial charge on any atom is 0.180 e. The van der Waals surface area contributed by atoms with Crippen LogP contribution in [0, 0.1) is 0 Å². The molecule has 6 heteroatoms. The smallest absolute Gasteiger partial charge is 0.180 e. The molecule has 128 valence electrons. The number of hydrogen-bond donors (Lipinski definition) is 2. The molecule has 0 aliphatic heterocycles. The molecule has 0 radical (unpaired) electrons. The highest BCUT2D eigenvalue weighted by molar-refractivity contribution is 5.93. The van der Waals surface area contributed by atoms with Gasteiger partial charge in [0, 0.05) is 25.4 Å². The van der Waals surface area contributed by atoms with Crippen LogP contribution in [0.1, 0.15) is 40.0 Å². The first-order chi connectivity index (χ1) is 11.1. The van der Waals surface area contributed by atoms with Gasteiger partial charge in [0.15, 0.2) is 11.6 Å². The fraction of sp³-hybridized carbons (Fsp3) is 0.588. The van der Waals surface area contributed by atoms with Crippen LogP contribution < -0.4 is 10.1 Å². The Morgan fingerprint density at radius 1 is 1.43 bits per heavy atom. The first-order valence-electron chi connectivity index (χ1n) is 8.01. The molecule has 23 heavy (non-hydrogen) atoms. The molecule has 2 N–H and O–H groups in total. The van der Waals surface area contributed by atoms with Gasteiger partial charge in [0.2, 0.25) is 0 Å². The van der Waals surface area contributed by atoms with E-state index in [0.717, 1.165) is 24.1 Å². The molecule has 0 aliphatic carbocycles. The SMILES string of the molecule is CCCC(CCO)Nc1ncncc1OC/C(C)=C/C(C)=NC. The molecule has 0 saturated carbocycles. The van der Waals surface area contributed by atoms with Crippen molar-refractivity contribution < 1.29 is 9.84 Å². The van der Waals surface area contributed by atoms with Crippen molar-refractivity contribution in [3.63, 3.8) is 0 Å². The van der Waals surface area contributed by atoms with E-state index in [4.69, 9.17) is 4.74 Å². The van der Waals surface area contributed by atoms with Crippen molar-refractivity contribution in [2.75, 3.05) is 25.6 Å². The maximum atomic E-state index is 9.17. The predicted molar refractivity (Wildman–Crippen MR) is 94.3 cm³/mol. The molecule has 0 amide bonds. The summed E-state index contributed by atoms with van der Waals surface area (Å²) < 4.78 is 5.83. The standard InChI is InChI=1S/C17H28N4O2/c1-5-6-15(7-8-22)21-17-16(10-19-12-20-17)23-11-13(2)9-14(3)18-4/h9-10,12,15,22H,5-8,11H2,1-4H3,(H,19,20,21)/b13-9+,18-14?. The molecule has 0 aliphatic rings. The predicted octanol–water partition coefficient (Wildman–Crippen LogP) is 2.86. The van der Waals surface area contributed by atoms with Gasteiger partial charge in [0.1, 0.15) is 12.9 Å². The number of ether oxygens (including phenoxy) is 1. The molecule has 6 nitrogen and oxygen atoms in total. The molecule has 1 aromatic rings. The van der Waals surface area contributed by atoms with Crippen LogP contribution in [0.4, 0.5) is 5.82 Å². The Labute approximate surface area is 138 Å². The van der Waals surface area contributed by atoms with E-state index >= 15 is 0 Å². The molecule has 0 saturated heterocycles. The number of nitrogens with one attached hydrogen (secondary N) is 1. The van der Waals surface area contributed by atoms with Gasteiger partial charge < -0.3 is 15.2 Å². The van der Waals surface area contributed by atoms with Gasteiger partial charge in [-0.15, -0.1) is 0 Å². The zero-order valence-corrected chi connectivity index (χ0v) is 14.5. The number of hydrogen-bond acceptors (Lipinski definition) is 6. The van der Waals surface area contributed by atoms with Crippen molar-refractivity contribution in [2.24, 2.45) is 4.99 Å². The minimum absolute atomic E-state index is 0.149. The van der Waals surface area contributed by atoms with E-state index in [2.05, 4.69) is 27.2 Å². The van der Waals surface area contributed by atoms with E-state index < -0.39 is 0 Å². The van der Waals surface area contributed by atoms with Crippen LogP contribution in [-0.4, -0.2) is 47.1 Å². The summed E-state index contributed by atoms with van der Waals surface area (Å²) in [5.74, 6) is 1.28. The van der Waals surface area contributed by atoms with Crippen molar-refractivity contribution >= 4 is 11.5 Å². The number of rotatable bonds is 10. The van der Waals surface area contributed by atoms with E-state index in [1.165, 1.54) is 6.33 Å². The Morgan fingerprint density at radius 3 is 2.87 bits per heavy atom. The van der Waals surface area contributed by atoms with Crippen molar-refractivity contribution in [2.45, 2.75) is 46.1 Å². The first-order valence-corrected chi connectivity index (χ1v) is 8.01. The van der Waals surface area contributed by atoms with Crippen LogP contribution in [0.25, 0.3) is 0 Å². The lowest BCUT2D eigenvalue weighted by Crippen LogP contribution is -2.22. The van der Waals surface area contributed by atoms with Crippen LogP contribution in [0.5, 0.6) is 5.75 Å². The average Bonchev–Trinajstić information content (AvgIpc) is 2.54. The van der Waals surface area contributed by atoms with Crippen LogP contribution in [-0.2, 0) is 0 Å². The number of allylic oxidation sites excluding steroid dienone is 1. The Kier molecular flexibility index (Phi) is 8.90. The fourth-order valence-corrected chi connectivity index (χ4v) is 2.17. The zero-order chi connectivity index (χ0) is 17.1. The van der Waals surface area contributed by atoms with Gasteiger partial charge in [0.05, 0.1) is 6.20 Å². The van der Waals surface area contributed by atoms with E-state index in [9.17, 15) is 5.11 Å². The molecule has 1 aromatic heterocycles. The summed E-state index contributed by atoms with van der Waals surface area (Å²) in [6.45, 7) is 6.67. The highest BCUT2D eigenvalue weighted by Crippen LogP contribution is 2.22. The molecular formula is C17H28N4O2.